The molecule has 4 N–H and O–H groups in total. The van der Waals surface area contributed by atoms with Gasteiger partial charge in [0.2, 0.25) is 10.0 Å². The van der Waals surface area contributed by atoms with Gasteiger partial charge in [0.05, 0.1) is 19.2 Å². The van der Waals surface area contributed by atoms with Crippen LogP contribution in [-0.4, -0.2) is 56.1 Å². The summed E-state index contributed by atoms with van der Waals surface area (Å²) in [5.74, 6) is -0.719. The summed E-state index contributed by atoms with van der Waals surface area (Å²) in [7, 11) is -1.03. The molecule has 0 saturated carbocycles. The van der Waals surface area contributed by atoms with Crippen LogP contribution >= 0.6 is 0 Å². The third kappa shape index (κ3) is 5.24. The van der Waals surface area contributed by atoms with Crippen molar-refractivity contribution in [3.8, 4) is 16.9 Å². The molecule has 0 saturated heterocycles. The molecule has 0 fully saturated rings. The highest BCUT2D eigenvalue weighted by molar-refractivity contribution is 7.89. The van der Waals surface area contributed by atoms with Crippen molar-refractivity contribution in [2.24, 2.45) is 5.73 Å². The number of nitrogens with zero attached hydrogens (tertiary/aromatic N) is 3. The van der Waals surface area contributed by atoms with Crippen LogP contribution < -0.4 is 20.5 Å². The lowest BCUT2D eigenvalue weighted by molar-refractivity contribution is 0.0963. The lowest BCUT2D eigenvalue weighted by atomic mass is 10.0. The van der Waals surface area contributed by atoms with E-state index in [9.17, 15) is 17.6 Å². The van der Waals surface area contributed by atoms with Crippen LogP contribution in [-0.2, 0) is 16.6 Å². The second-order valence-corrected chi connectivity index (χ2v) is 9.43. The normalized spacial score (nSPS) is 12.4. The fourth-order valence-electron chi connectivity index (χ4n) is 3.44. The van der Waals surface area contributed by atoms with Crippen LogP contribution in [0.5, 0.6) is 5.75 Å². The van der Waals surface area contributed by atoms with Crippen molar-refractivity contribution in [2.45, 2.75) is 31.3 Å². The predicted octanol–water partition coefficient (Wildman–Crippen LogP) is 1.97. The van der Waals surface area contributed by atoms with Crippen LogP contribution in [0.3, 0.4) is 0 Å². The quantitative estimate of drug-likeness (QED) is 0.416. The number of sulfonamides is 1. The second-order valence-electron chi connectivity index (χ2n) is 7.75. The molecule has 10 nitrogen and oxygen atoms in total. The van der Waals surface area contributed by atoms with Crippen molar-refractivity contribution < 1.29 is 22.3 Å². The van der Waals surface area contributed by atoms with E-state index in [4.69, 9.17) is 10.5 Å². The Morgan fingerprint density at radius 2 is 2.03 bits per heavy atom. The molecule has 0 aliphatic heterocycles. The largest absolute Gasteiger partial charge is 0.495 e. The molecule has 0 bridgehead atoms. The Balaban J connectivity index is 2.26. The Bertz CT molecular complexity index is 1350. The number of rotatable bonds is 9. The first-order valence-electron chi connectivity index (χ1n) is 10.5. The Labute approximate surface area is 197 Å². The third-order valence-corrected chi connectivity index (χ3v) is 6.58. The number of carbonyl (C=O) groups is 1. The van der Waals surface area contributed by atoms with E-state index in [1.165, 1.54) is 37.0 Å². The van der Waals surface area contributed by atoms with Gasteiger partial charge in [-0.15, -0.1) is 5.10 Å². The summed E-state index contributed by atoms with van der Waals surface area (Å²) in [6.07, 6.45) is 1.22. The van der Waals surface area contributed by atoms with Gasteiger partial charge in [0, 0.05) is 30.8 Å². The number of benzene rings is 2. The van der Waals surface area contributed by atoms with E-state index in [-0.39, 0.29) is 41.2 Å². The number of fused-ring (bicyclic) bond motifs is 1. The van der Waals surface area contributed by atoms with E-state index >= 15 is 0 Å². The molecule has 1 heterocycles. The molecule has 12 heteroatoms. The molecule has 34 heavy (non-hydrogen) atoms. The Hall–Kier alpha value is -3.35. The van der Waals surface area contributed by atoms with Crippen molar-refractivity contribution in [3.05, 3.63) is 47.8 Å². The van der Waals surface area contributed by atoms with Crippen LogP contribution in [0.4, 0.5) is 4.39 Å². The van der Waals surface area contributed by atoms with Crippen LogP contribution in [0.2, 0.25) is 0 Å². The van der Waals surface area contributed by atoms with Gasteiger partial charge < -0.3 is 15.8 Å². The zero-order valence-electron chi connectivity index (χ0n) is 19.3. The maximum absolute atomic E-state index is 14.1. The molecule has 182 valence electrons. The minimum atomic E-state index is -3.90. The maximum atomic E-state index is 14.1. The van der Waals surface area contributed by atoms with Gasteiger partial charge in [0.1, 0.15) is 22.0 Å². The van der Waals surface area contributed by atoms with Crippen LogP contribution in [0.1, 0.15) is 24.2 Å². The average Bonchev–Trinajstić information content (AvgIpc) is 3.19. The fraction of sp³-hybridized carbons (Fsp3) is 0.318. The SMILES string of the molecule is CNC(=O)c1cc(-c2ccc(OC)c(S(=O)(=O)NC(C)C)c2)c2nnn(C/C(F)=C/CN)c2c1. The first-order chi connectivity index (χ1) is 16.1. The van der Waals surface area contributed by atoms with Crippen LogP contribution in [0.25, 0.3) is 22.2 Å². The van der Waals surface area contributed by atoms with Gasteiger partial charge in [-0.3, -0.25) is 4.79 Å². The highest BCUT2D eigenvalue weighted by Gasteiger charge is 2.23. The average molecular weight is 491 g/mol. The van der Waals surface area contributed by atoms with E-state index in [1.807, 2.05) is 0 Å². The summed E-state index contributed by atoms with van der Waals surface area (Å²) in [4.78, 5) is 12.4. The topological polar surface area (TPSA) is 141 Å². The molecular formula is C22H27FN6O4S. The van der Waals surface area contributed by atoms with Gasteiger partial charge in [-0.05, 0) is 49.8 Å². The lowest BCUT2D eigenvalue weighted by Gasteiger charge is -2.15. The first-order valence-corrected chi connectivity index (χ1v) is 11.9. The molecule has 0 spiro atoms. The molecule has 0 unspecified atom stereocenters. The van der Waals surface area contributed by atoms with Gasteiger partial charge in [-0.1, -0.05) is 11.3 Å². The molecule has 1 aromatic heterocycles. The summed E-state index contributed by atoms with van der Waals surface area (Å²) < 4.78 is 49.1. The van der Waals surface area contributed by atoms with Crippen molar-refractivity contribution >= 4 is 27.0 Å². The second kappa shape index (κ2) is 10.3. The molecule has 0 aliphatic carbocycles. The number of nitrogens with two attached hydrogens (primary N) is 1. The smallest absolute Gasteiger partial charge is 0.251 e. The van der Waals surface area contributed by atoms with E-state index < -0.39 is 15.9 Å². The minimum Gasteiger partial charge on any atom is -0.495 e. The lowest BCUT2D eigenvalue weighted by Crippen LogP contribution is -2.30. The van der Waals surface area contributed by atoms with Gasteiger partial charge >= 0.3 is 0 Å². The molecular weight excluding hydrogens is 463 g/mol. The van der Waals surface area contributed by atoms with E-state index in [0.717, 1.165) is 0 Å². The number of carbonyl (C=O) groups excluding carboxylic acids is 1. The number of aromatic nitrogens is 3. The number of hydrogen-bond donors (Lipinski definition) is 3. The molecule has 0 atom stereocenters. The molecule has 2 aromatic carbocycles. The minimum absolute atomic E-state index is 0.0285. The van der Waals surface area contributed by atoms with E-state index in [2.05, 4.69) is 20.4 Å². The van der Waals surface area contributed by atoms with Crippen molar-refractivity contribution in [1.29, 1.82) is 0 Å². The van der Waals surface area contributed by atoms with Gasteiger partial charge in [0.15, 0.2) is 0 Å². The Morgan fingerprint density at radius 1 is 1.29 bits per heavy atom. The molecule has 0 aliphatic rings. The third-order valence-electron chi connectivity index (χ3n) is 4.90. The number of halogens is 1. The standard InChI is InChI=1S/C22H27FN6O4S/c1-13(2)27-34(31,32)20-11-14(5-6-19(20)33-4)17-9-15(22(30)25-3)10-18-21(17)26-28-29(18)12-16(23)7-8-24/h5-7,9-11,13,27H,8,12,24H2,1-4H3,(H,25,30)/b16-7-. The summed E-state index contributed by atoms with van der Waals surface area (Å²) in [6, 6.07) is 7.42. The number of hydrogen-bond acceptors (Lipinski definition) is 7. The summed E-state index contributed by atoms with van der Waals surface area (Å²) >= 11 is 0. The molecule has 0 radical (unpaired) electrons. The predicted molar refractivity (Wildman–Crippen MR) is 127 cm³/mol. The number of allylic oxidation sites excluding steroid dienone is 1. The Morgan fingerprint density at radius 3 is 2.65 bits per heavy atom. The fourth-order valence-corrected chi connectivity index (χ4v) is 4.89. The Kier molecular flexibility index (Phi) is 7.64. The van der Waals surface area contributed by atoms with Crippen molar-refractivity contribution in [3.63, 3.8) is 0 Å². The van der Waals surface area contributed by atoms with E-state index in [1.54, 1.807) is 32.0 Å². The van der Waals surface area contributed by atoms with Crippen LogP contribution in [0.15, 0.2) is 47.1 Å². The molecule has 3 aromatic rings. The van der Waals surface area contributed by atoms with Crippen molar-refractivity contribution in [2.75, 3.05) is 20.7 Å². The summed E-state index contributed by atoms with van der Waals surface area (Å²) in [5.41, 5.74) is 7.34. The summed E-state index contributed by atoms with van der Waals surface area (Å²) in [6.45, 7) is 3.23. The number of methoxy groups -OCH3 is 1. The molecule has 3 rings (SSSR count). The number of ether oxygens (including phenoxy) is 1. The number of amides is 1. The zero-order chi connectivity index (χ0) is 25.0. The van der Waals surface area contributed by atoms with Gasteiger partial charge in [-0.25, -0.2) is 22.2 Å². The zero-order valence-corrected chi connectivity index (χ0v) is 20.1. The molecule has 1 amide bonds. The highest BCUT2D eigenvalue weighted by atomic mass is 32.2. The monoisotopic (exact) mass is 490 g/mol. The van der Waals surface area contributed by atoms with Gasteiger partial charge in [0.25, 0.3) is 5.91 Å². The number of nitrogens with one attached hydrogen (secondary N) is 2. The van der Waals surface area contributed by atoms with E-state index in [0.29, 0.717) is 22.2 Å². The maximum Gasteiger partial charge on any atom is 0.251 e. The first kappa shape index (κ1) is 25.3. The highest BCUT2D eigenvalue weighted by Crippen LogP contribution is 2.34. The summed E-state index contributed by atoms with van der Waals surface area (Å²) in [5, 5.41) is 10.8. The van der Waals surface area contributed by atoms with Gasteiger partial charge in [-0.2, -0.15) is 0 Å². The van der Waals surface area contributed by atoms with Crippen LogP contribution in [0, 0.1) is 0 Å². The van der Waals surface area contributed by atoms with Crippen molar-refractivity contribution in [1.82, 2.24) is 25.0 Å².